The average molecular weight is 430 g/mol. The molecule has 3 aromatic heterocycles. The number of benzene rings is 2. The number of hydrogen-bond acceptors (Lipinski definition) is 7. The normalized spacial score (nSPS) is 11.1. The highest BCUT2D eigenvalue weighted by atomic mass is 32.1. The standard InChI is InChI=1S/C22H14N4O4S/c1-12-6-9-19(30-12)18-11-15(14-4-2-3-5-16(14)23-18)21(27)25-22-24-17-8-7-13(26(28)29)10-20(17)31-22/h2-11H,1H3,(H,24,25,27). The second-order valence-corrected chi connectivity index (χ2v) is 7.90. The first-order valence-electron chi connectivity index (χ1n) is 9.31. The quantitative estimate of drug-likeness (QED) is 0.295. The van der Waals surface area contributed by atoms with Crippen LogP contribution in [0.3, 0.4) is 0 Å². The molecule has 0 aliphatic heterocycles. The largest absolute Gasteiger partial charge is 0.460 e. The van der Waals surface area contributed by atoms with Gasteiger partial charge in [0.15, 0.2) is 10.9 Å². The van der Waals surface area contributed by atoms with E-state index < -0.39 is 4.92 Å². The Morgan fingerprint density at radius 2 is 1.90 bits per heavy atom. The number of pyridine rings is 1. The zero-order valence-electron chi connectivity index (χ0n) is 16.2. The number of nitrogens with one attached hydrogen (secondary N) is 1. The maximum Gasteiger partial charge on any atom is 0.270 e. The molecule has 0 aliphatic rings. The molecule has 1 amide bonds. The van der Waals surface area contributed by atoms with Crippen molar-refractivity contribution in [1.29, 1.82) is 0 Å². The summed E-state index contributed by atoms with van der Waals surface area (Å²) in [7, 11) is 0. The first kappa shape index (κ1) is 18.9. The number of carbonyl (C=O) groups excluding carboxylic acids is 1. The summed E-state index contributed by atoms with van der Waals surface area (Å²) in [6.07, 6.45) is 0. The van der Waals surface area contributed by atoms with E-state index in [0.717, 1.165) is 5.76 Å². The van der Waals surface area contributed by atoms with Gasteiger partial charge in [-0.2, -0.15) is 0 Å². The number of rotatable bonds is 4. The Kier molecular flexibility index (Phi) is 4.45. The second kappa shape index (κ2) is 7.29. The summed E-state index contributed by atoms with van der Waals surface area (Å²) in [5, 5.41) is 14.9. The lowest BCUT2D eigenvalue weighted by Gasteiger charge is -2.08. The van der Waals surface area contributed by atoms with E-state index in [1.165, 1.54) is 23.5 Å². The molecule has 0 radical (unpaired) electrons. The summed E-state index contributed by atoms with van der Waals surface area (Å²) < 4.78 is 6.30. The predicted octanol–water partition coefficient (Wildman–Crippen LogP) is 5.57. The smallest absolute Gasteiger partial charge is 0.270 e. The lowest BCUT2D eigenvalue weighted by atomic mass is 10.1. The third-order valence-electron chi connectivity index (χ3n) is 4.76. The van der Waals surface area contributed by atoms with Crippen molar-refractivity contribution in [3.8, 4) is 11.5 Å². The van der Waals surface area contributed by atoms with Gasteiger partial charge in [0.1, 0.15) is 11.5 Å². The zero-order chi connectivity index (χ0) is 21.5. The molecule has 152 valence electrons. The number of fused-ring (bicyclic) bond motifs is 2. The Hall–Kier alpha value is -4.11. The number of hydrogen-bond donors (Lipinski definition) is 1. The van der Waals surface area contributed by atoms with Gasteiger partial charge in [-0.1, -0.05) is 29.5 Å². The van der Waals surface area contributed by atoms with Crippen LogP contribution in [0, 0.1) is 17.0 Å². The van der Waals surface area contributed by atoms with Gasteiger partial charge < -0.3 is 4.42 Å². The fourth-order valence-electron chi connectivity index (χ4n) is 3.31. The van der Waals surface area contributed by atoms with Gasteiger partial charge in [0.25, 0.3) is 11.6 Å². The Morgan fingerprint density at radius 3 is 2.68 bits per heavy atom. The third-order valence-corrected chi connectivity index (χ3v) is 5.69. The molecular weight excluding hydrogens is 416 g/mol. The van der Waals surface area contributed by atoms with Crippen molar-refractivity contribution in [3.63, 3.8) is 0 Å². The number of non-ortho nitro benzene ring substituents is 1. The SMILES string of the molecule is Cc1ccc(-c2cc(C(=O)Nc3nc4ccc([N+](=O)[O-])cc4s3)c3ccccc3n2)o1. The number of anilines is 1. The van der Waals surface area contributed by atoms with Crippen LogP contribution < -0.4 is 5.32 Å². The molecule has 0 saturated heterocycles. The van der Waals surface area contributed by atoms with Gasteiger partial charge in [0.05, 0.1) is 26.2 Å². The van der Waals surface area contributed by atoms with Gasteiger partial charge in [-0.25, -0.2) is 9.97 Å². The number of furan rings is 1. The van der Waals surface area contributed by atoms with Crippen molar-refractivity contribution in [2.45, 2.75) is 6.92 Å². The third kappa shape index (κ3) is 3.51. The molecule has 3 heterocycles. The fraction of sp³-hybridized carbons (Fsp3) is 0.0455. The molecule has 5 aromatic rings. The molecule has 2 aromatic carbocycles. The first-order chi connectivity index (χ1) is 15.0. The van der Waals surface area contributed by atoms with Crippen molar-refractivity contribution in [2.24, 2.45) is 0 Å². The Morgan fingerprint density at radius 1 is 1.06 bits per heavy atom. The molecule has 0 spiro atoms. The van der Waals surface area contributed by atoms with Gasteiger partial charge in [0, 0.05) is 17.5 Å². The van der Waals surface area contributed by atoms with E-state index >= 15 is 0 Å². The van der Waals surface area contributed by atoms with Crippen molar-refractivity contribution in [1.82, 2.24) is 9.97 Å². The topological polar surface area (TPSA) is 111 Å². The number of carbonyl (C=O) groups is 1. The van der Waals surface area contributed by atoms with E-state index in [-0.39, 0.29) is 11.6 Å². The number of nitro benzene ring substituents is 1. The van der Waals surface area contributed by atoms with Crippen LogP contribution in [0.25, 0.3) is 32.6 Å². The summed E-state index contributed by atoms with van der Waals surface area (Å²) in [5.74, 6) is 0.973. The average Bonchev–Trinajstić information content (AvgIpc) is 3.37. The number of para-hydroxylation sites is 1. The number of aryl methyl sites for hydroxylation is 1. The van der Waals surface area contributed by atoms with Crippen LogP contribution in [0.4, 0.5) is 10.8 Å². The minimum Gasteiger partial charge on any atom is -0.460 e. The number of amides is 1. The molecule has 5 rings (SSSR count). The minimum atomic E-state index is -0.460. The molecule has 0 fully saturated rings. The molecule has 0 atom stereocenters. The van der Waals surface area contributed by atoms with E-state index in [0.29, 0.717) is 43.3 Å². The second-order valence-electron chi connectivity index (χ2n) is 6.86. The lowest BCUT2D eigenvalue weighted by molar-refractivity contribution is -0.384. The number of aromatic nitrogens is 2. The maximum atomic E-state index is 13.2. The van der Waals surface area contributed by atoms with Gasteiger partial charge >= 0.3 is 0 Å². The number of nitro groups is 1. The van der Waals surface area contributed by atoms with Crippen LogP contribution in [0.15, 0.2) is 65.1 Å². The summed E-state index contributed by atoms with van der Waals surface area (Å²) in [5.41, 5.74) is 2.21. The zero-order valence-corrected chi connectivity index (χ0v) is 17.0. The van der Waals surface area contributed by atoms with Gasteiger partial charge in [-0.3, -0.25) is 20.2 Å². The monoisotopic (exact) mass is 430 g/mol. The van der Waals surface area contributed by atoms with E-state index in [9.17, 15) is 14.9 Å². The highest BCUT2D eigenvalue weighted by molar-refractivity contribution is 7.22. The van der Waals surface area contributed by atoms with Gasteiger partial charge in [-0.05, 0) is 37.3 Å². The summed E-state index contributed by atoms with van der Waals surface area (Å²) in [6, 6.07) is 17.1. The molecule has 1 N–H and O–H groups in total. The first-order valence-corrected chi connectivity index (χ1v) is 10.1. The molecule has 31 heavy (non-hydrogen) atoms. The van der Waals surface area contributed by atoms with Crippen LogP contribution in [-0.4, -0.2) is 20.8 Å². The number of nitrogens with zero attached hydrogens (tertiary/aromatic N) is 3. The Balaban J connectivity index is 1.55. The van der Waals surface area contributed by atoms with Gasteiger partial charge in [-0.15, -0.1) is 0 Å². The van der Waals surface area contributed by atoms with E-state index in [4.69, 9.17) is 4.42 Å². The van der Waals surface area contributed by atoms with Gasteiger partial charge in [0.2, 0.25) is 0 Å². The lowest BCUT2D eigenvalue weighted by Crippen LogP contribution is -2.12. The molecular formula is C22H14N4O4S. The molecule has 0 aliphatic carbocycles. The molecule has 0 unspecified atom stereocenters. The highest BCUT2D eigenvalue weighted by Gasteiger charge is 2.17. The number of thiazole rings is 1. The van der Waals surface area contributed by atoms with Crippen LogP contribution >= 0.6 is 11.3 Å². The highest BCUT2D eigenvalue weighted by Crippen LogP contribution is 2.31. The molecule has 9 heteroatoms. The van der Waals surface area contributed by atoms with Crippen LogP contribution in [-0.2, 0) is 0 Å². The van der Waals surface area contributed by atoms with E-state index in [1.807, 2.05) is 43.3 Å². The fourth-order valence-corrected chi connectivity index (χ4v) is 4.20. The van der Waals surface area contributed by atoms with E-state index in [1.54, 1.807) is 12.1 Å². The maximum absolute atomic E-state index is 13.2. The summed E-state index contributed by atoms with van der Waals surface area (Å²) in [6.45, 7) is 1.84. The molecule has 8 nitrogen and oxygen atoms in total. The Labute approximate surface area is 179 Å². The summed E-state index contributed by atoms with van der Waals surface area (Å²) >= 11 is 1.18. The van der Waals surface area contributed by atoms with Crippen LogP contribution in [0.1, 0.15) is 16.1 Å². The van der Waals surface area contributed by atoms with Crippen molar-refractivity contribution >= 4 is 49.2 Å². The minimum absolute atomic E-state index is 0.0208. The van der Waals surface area contributed by atoms with E-state index in [2.05, 4.69) is 15.3 Å². The van der Waals surface area contributed by atoms with Crippen LogP contribution in [0.2, 0.25) is 0 Å². The predicted molar refractivity (Wildman–Crippen MR) is 118 cm³/mol. The molecule has 0 bridgehead atoms. The summed E-state index contributed by atoms with van der Waals surface area (Å²) in [4.78, 5) is 32.7. The van der Waals surface area contributed by atoms with Crippen molar-refractivity contribution in [2.75, 3.05) is 5.32 Å². The molecule has 0 saturated carbocycles. The van der Waals surface area contributed by atoms with Crippen molar-refractivity contribution in [3.05, 3.63) is 82.1 Å². The van der Waals surface area contributed by atoms with Crippen molar-refractivity contribution < 1.29 is 14.1 Å². The van der Waals surface area contributed by atoms with Crippen LogP contribution in [0.5, 0.6) is 0 Å². The Bertz CT molecular complexity index is 1490.